The molecule has 1 fully saturated rings. The summed E-state index contributed by atoms with van der Waals surface area (Å²) >= 11 is 0. The minimum Gasteiger partial charge on any atom is -0.348 e. The van der Waals surface area contributed by atoms with Crippen molar-refractivity contribution in [3.8, 4) is 0 Å². The van der Waals surface area contributed by atoms with Crippen molar-refractivity contribution in [1.29, 1.82) is 5.41 Å². The largest absolute Gasteiger partial charge is 0.348 e. The van der Waals surface area contributed by atoms with Gasteiger partial charge >= 0.3 is 0 Å². The lowest BCUT2D eigenvalue weighted by Gasteiger charge is -2.53. The molecule has 1 rings (SSSR count). The Bertz CT molecular complexity index is 202. The van der Waals surface area contributed by atoms with Crippen LogP contribution < -0.4 is 0 Å². The maximum absolute atomic E-state index is 11.1. The summed E-state index contributed by atoms with van der Waals surface area (Å²) in [4.78, 5) is 12.9. The second-order valence-corrected chi connectivity index (χ2v) is 3.42. The van der Waals surface area contributed by atoms with E-state index in [-0.39, 0.29) is 11.3 Å². The van der Waals surface area contributed by atoms with Gasteiger partial charge in [-0.15, -0.1) is 0 Å². The van der Waals surface area contributed by atoms with E-state index in [4.69, 9.17) is 5.41 Å². The third-order valence-electron chi connectivity index (χ3n) is 2.64. The first-order valence-corrected chi connectivity index (χ1v) is 3.82. The SMILES string of the molecule is CC(=O)C1(C)CC(C)N1C=N. The van der Waals surface area contributed by atoms with E-state index in [1.807, 2.05) is 13.8 Å². The zero-order valence-corrected chi connectivity index (χ0v) is 7.22. The van der Waals surface area contributed by atoms with Crippen LogP contribution in [0, 0.1) is 5.41 Å². The van der Waals surface area contributed by atoms with Crippen molar-refractivity contribution in [3.05, 3.63) is 0 Å². The molecule has 1 saturated heterocycles. The molecule has 2 unspecified atom stereocenters. The van der Waals surface area contributed by atoms with E-state index < -0.39 is 0 Å². The second-order valence-electron chi connectivity index (χ2n) is 3.42. The number of nitrogens with one attached hydrogen (secondary N) is 1. The molecule has 0 bridgehead atoms. The lowest BCUT2D eigenvalue weighted by atomic mass is 9.78. The van der Waals surface area contributed by atoms with Crippen LogP contribution in [-0.4, -0.2) is 28.6 Å². The number of hydrogen-bond donors (Lipinski definition) is 1. The fourth-order valence-electron chi connectivity index (χ4n) is 1.75. The minimum absolute atomic E-state index is 0.152. The zero-order valence-electron chi connectivity index (χ0n) is 7.22. The average Bonchev–Trinajstić information content (AvgIpc) is 1.87. The summed E-state index contributed by atoms with van der Waals surface area (Å²) in [5.74, 6) is 0.152. The van der Waals surface area contributed by atoms with Crippen LogP contribution in [0.15, 0.2) is 0 Å². The van der Waals surface area contributed by atoms with E-state index >= 15 is 0 Å². The first-order chi connectivity index (χ1) is 5.02. The molecule has 0 radical (unpaired) electrons. The summed E-state index contributed by atoms with van der Waals surface area (Å²) in [7, 11) is 0. The molecule has 0 aromatic heterocycles. The average molecular weight is 154 g/mol. The number of ketones is 1. The van der Waals surface area contributed by atoms with E-state index in [1.54, 1.807) is 11.8 Å². The normalized spacial score (nSPS) is 36.3. The highest BCUT2D eigenvalue weighted by Gasteiger charge is 2.47. The first-order valence-electron chi connectivity index (χ1n) is 3.82. The highest BCUT2D eigenvalue weighted by atomic mass is 16.1. The van der Waals surface area contributed by atoms with Crippen LogP contribution in [0.25, 0.3) is 0 Å². The molecule has 3 heteroatoms. The predicted molar refractivity (Wildman–Crippen MR) is 43.8 cm³/mol. The summed E-state index contributed by atoms with van der Waals surface area (Å²) in [6.45, 7) is 5.50. The van der Waals surface area contributed by atoms with Gasteiger partial charge in [0.15, 0.2) is 5.78 Å². The van der Waals surface area contributed by atoms with E-state index in [0.717, 1.165) is 6.42 Å². The molecule has 1 aliphatic heterocycles. The van der Waals surface area contributed by atoms with Crippen LogP contribution in [0.3, 0.4) is 0 Å². The number of rotatable bonds is 2. The lowest BCUT2D eigenvalue weighted by Crippen LogP contribution is -2.65. The summed E-state index contributed by atoms with van der Waals surface area (Å²) < 4.78 is 0. The summed E-state index contributed by atoms with van der Waals surface area (Å²) in [5.41, 5.74) is -0.388. The van der Waals surface area contributed by atoms with Gasteiger partial charge in [0.1, 0.15) is 0 Å². The van der Waals surface area contributed by atoms with E-state index in [1.165, 1.54) is 6.34 Å². The highest BCUT2D eigenvalue weighted by Crippen LogP contribution is 2.35. The monoisotopic (exact) mass is 154 g/mol. The zero-order chi connectivity index (χ0) is 8.65. The number of Topliss-reactive ketones (excluding diaryl/α,β-unsaturated/α-hetero) is 1. The van der Waals surface area contributed by atoms with Gasteiger partial charge in [0.25, 0.3) is 0 Å². The number of nitrogens with zero attached hydrogens (tertiary/aromatic N) is 1. The highest BCUT2D eigenvalue weighted by molar-refractivity contribution is 5.89. The molecule has 0 spiro atoms. The minimum atomic E-state index is -0.388. The van der Waals surface area contributed by atoms with Crippen LogP contribution in [-0.2, 0) is 4.79 Å². The fraction of sp³-hybridized carbons (Fsp3) is 0.750. The van der Waals surface area contributed by atoms with Gasteiger partial charge in [-0.3, -0.25) is 10.2 Å². The molecule has 0 amide bonds. The molecule has 0 aromatic rings. The molecule has 62 valence electrons. The molecule has 0 aromatic carbocycles. The van der Waals surface area contributed by atoms with Gasteiger partial charge in [-0.25, -0.2) is 0 Å². The molecule has 1 heterocycles. The van der Waals surface area contributed by atoms with Gasteiger partial charge in [0.2, 0.25) is 0 Å². The number of carbonyl (C=O) groups is 1. The van der Waals surface area contributed by atoms with Crippen molar-refractivity contribution in [2.24, 2.45) is 0 Å². The van der Waals surface area contributed by atoms with Crippen LogP contribution in [0.4, 0.5) is 0 Å². The van der Waals surface area contributed by atoms with Gasteiger partial charge in [0.05, 0.1) is 11.9 Å². The summed E-state index contributed by atoms with van der Waals surface area (Å²) in [6.07, 6.45) is 2.13. The van der Waals surface area contributed by atoms with Gasteiger partial charge < -0.3 is 4.90 Å². The third-order valence-corrected chi connectivity index (χ3v) is 2.64. The molecule has 11 heavy (non-hydrogen) atoms. The van der Waals surface area contributed by atoms with Crippen molar-refractivity contribution in [2.45, 2.75) is 38.8 Å². The van der Waals surface area contributed by atoms with Crippen molar-refractivity contribution in [3.63, 3.8) is 0 Å². The topological polar surface area (TPSA) is 44.2 Å². The second kappa shape index (κ2) is 2.32. The Morgan fingerprint density at radius 1 is 1.82 bits per heavy atom. The van der Waals surface area contributed by atoms with Crippen LogP contribution in [0.5, 0.6) is 0 Å². The van der Waals surface area contributed by atoms with E-state index in [0.29, 0.717) is 6.04 Å². The van der Waals surface area contributed by atoms with Gasteiger partial charge in [-0.1, -0.05) is 0 Å². The molecule has 3 nitrogen and oxygen atoms in total. The van der Waals surface area contributed by atoms with Crippen LogP contribution >= 0.6 is 0 Å². The molecule has 1 N–H and O–H groups in total. The van der Waals surface area contributed by atoms with E-state index in [9.17, 15) is 4.79 Å². The predicted octanol–water partition coefficient (Wildman–Crippen LogP) is 1.04. The van der Waals surface area contributed by atoms with Crippen LogP contribution in [0.2, 0.25) is 0 Å². The Hall–Kier alpha value is -0.860. The molecule has 2 atom stereocenters. The Labute approximate surface area is 66.9 Å². The Morgan fingerprint density at radius 2 is 2.36 bits per heavy atom. The molecule has 0 saturated carbocycles. The Kier molecular flexibility index (Phi) is 1.74. The number of carbonyl (C=O) groups excluding carboxylic acids is 1. The standard InChI is InChI=1S/C8H14N2O/c1-6-4-8(3,7(2)11)10(6)5-9/h5-6,9H,4H2,1-3H3. The number of hydrogen-bond acceptors (Lipinski definition) is 2. The van der Waals surface area contributed by atoms with E-state index in [2.05, 4.69) is 0 Å². The lowest BCUT2D eigenvalue weighted by molar-refractivity contribution is -0.134. The molecular formula is C8H14N2O. The maximum atomic E-state index is 11.1. The molecular weight excluding hydrogens is 140 g/mol. The van der Waals surface area contributed by atoms with Crippen molar-refractivity contribution < 1.29 is 4.79 Å². The third kappa shape index (κ3) is 0.951. The smallest absolute Gasteiger partial charge is 0.155 e. The van der Waals surface area contributed by atoms with Crippen LogP contribution in [0.1, 0.15) is 27.2 Å². The van der Waals surface area contributed by atoms with Crippen molar-refractivity contribution >= 4 is 12.1 Å². The summed E-state index contributed by atoms with van der Waals surface area (Å²) in [6, 6.07) is 0.349. The fourth-order valence-corrected chi connectivity index (χ4v) is 1.75. The van der Waals surface area contributed by atoms with Gasteiger partial charge in [0, 0.05) is 6.04 Å². The molecule has 1 aliphatic rings. The van der Waals surface area contributed by atoms with Crippen molar-refractivity contribution in [2.75, 3.05) is 0 Å². The van der Waals surface area contributed by atoms with Crippen molar-refractivity contribution in [1.82, 2.24) is 4.90 Å². The Morgan fingerprint density at radius 3 is 2.55 bits per heavy atom. The Balaban J connectivity index is 2.76. The van der Waals surface area contributed by atoms with Gasteiger partial charge in [-0.2, -0.15) is 0 Å². The number of likely N-dealkylation sites (tertiary alicyclic amines) is 1. The van der Waals surface area contributed by atoms with Gasteiger partial charge in [-0.05, 0) is 27.2 Å². The molecule has 0 aliphatic carbocycles. The summed E-state index contributed by atoms with van der Waals surface area (Å²) in [5, 5.41) is 7.09. The maximum Gasteiger partial charge on any atom is 0.155 e. The first kappa shape index (κ1) is 8.24. The quantitative estimate of drug-likeness (QED) is 0.477.